The van der Waals surface area contributed by atoms with Crippen molar-refractivity contribution in [2.45, 2.75) is 122 Å². The molecule has 0 bridgehead atoms. The third-order valence-corrected chi connectivity index (χ3v) is 6.34. The first kappa shape index (κ1) is 23.9. The van der Waals surface area contributed by atoms with E-state index in [9.17, 15) is 4.79 Å². The molecule has 0 radical (unpaired) electrons. The van der Waals surface area contributed by atoms with Crippen LogP contribution in [-0.4, -0.2) is 11.0 Å². The highest BCUT2D eigenvalue weighted by Crippen LogP contribution is 2.29. The van der Waals surface area contributed by atoms with Gasteiger partial charge in [0, 0.05) is 24.4 Å². The fraction of sp³-hybridized carbons (Fsp3) is 0.769. The number of hydrogen-bond donors (Lipinski definition) is 0. The van der Waals surface area contributed by atoms with E-state index < -0.39 is 0 Å². The van der Waals surface area contributed by atoms with Crippen molar-refractivity contribution < 1.29 is 9.53 Å². The van der Waals surface area contributed by atoms with Crippen molar-refractivity contribution in [1.82, 2.24) is 4.98 Å². The summed E-state index contributed by atoms with van der Waals surface area (Å²) in [5.74, 6) is 0.990. The molecule has 1 heterocycles. The molecule has 0 atom stereocenters. The van der Waals surface area contributed by atoms with E-state index in [4.69, 9.17) is 4.74 Å². The van der Waals surface area contributed by atoms with Gasteiger partial charge >= 0.3 is 5.97 Å². The maximum Gasteiger partial charge on any atom is 0.306 e. The van der Waals surface area contributed by atoms with Crippen LogP contribution in [0.3, 0.4) is 0 Å². The summed E-state index contributed by atoms with van der Waals surface area (Å²) < 4.78 is 5.28. The lowest BCUT2D eigenvalue weighted by molar-refractivity contribution is -0.145. The van der Waals surface area contributed by atoms with E-state index in [1.807, 2.05) is 12.1 Å². The van der Waals surface area contributed by atoms with E-state index in [2.05, 4.69) is 4.98 Å². The number of pyridine rings is 1. The number of carbonyl (C=O) groups is 1. The Hall–Kier alpha value is -1.38. The number of ether oxygens (including phenoxy) is 1. The largest absolute Gasteiger partial charge is 0.461 e. The third kappa shape index (κ3) is 12.7. The molecule has 3 nitrogen and oxygen atoms in total. The Morgan fingerprint density at radius 3 is 2.03 bits per heavy atom. The van der Waals surface area contributed by atoms with Gasteiger partial charge in [0.2, 0.25) is 0 Å². The molecule has 29 heavy (non-hydrogen) atoms. The van der Waals surface area contributed by atoms with Crippen LogP contribution in [0.1, 0.15) is 121 Å². The van der Waals surface area contributed by atoms with Crippen molar-refractivity contribution >= 4 is 5.97 Å². The smallest absolute Gasteiger partial charge is 0.306 e. The monoisotopic (exact) mass is 401 g/mol. The highest BCUT2D eigenvalue weighted by Gasteiger charge is 2.13. The lowest BCUT2D eigenvalue weighted by Crippen LogP contribution is -2.04. The van der Waals surface area contributed by atoms with E-state index in [1.54, 1.807) is 12.4 Å². The molecule has 3 heteroatoms. The zero-order valence-corrected chi connectivity index (χ0v) is 18.6. The summed E-state index contributed by atoms with van der Waals surface area (Å²) in [5.41, 5.74) is 0.949. The van der Waals surface area contributed by atoms with Crippen LogP contribution in [0.25, 0.3) is 0 Å². The average Bonchev–Trinajstić information content (AvgIpc) is 3.27. The zero-order valence-electron chi connectivity index (χ0n) is 18.6. The van der Waals surface area contributed by atoms with Crippen LogP contribution < -0.4 is 0 Å². The Bertz CT molecular complexity index is 511. The molecule has 1 fully saturated rings. The third-order valence-electron chi connectivity index (χ3n) is 6.34. The number of esters is 1. The highest BCUT2D eigenvalue weighted by atomic mass is 16.5. The zero-order chi connectivity index (χ0) is 20.4. The molecule has 0 aromatic carbocycles. The number of hydrogen-bond acceptors (Lipinski definition) is 3. The second kappa shape index (κ2) is 16.4. The minimum atomic E-state index is -0.0860. The summed E-state index contributed by atoms with van der Waals surface area (Å²) >= 11 is 0. The first-order valence-corrected chi connectivity index (χ1v) is 12.4. The van der Waals surface area contributed by atoms with E-state index >= 15 is 0 Å². The molecule has 0 unspecified atom stereocenters. The molecule has 0 saturated heterocycles. The molecular formula is C26H43NO2. The van der Waals surface area contributed by atoms with Crippen LogP contribution in [0.15, 0.2) is 24.5 Å². The van der Waals surface area contributed by atoms with Gasteiger partial charge in [-0.05, 0) is 18.4 Å². The van der Waals surface area contributed by atoms with Crippen LogP contribution in [0.2, 0.25) is 0 Å². The van der Waals surface area contributed by atoms with E-state index in [0.29, 0.717) is 13.0 Å². The van der Waals surface area contributed by atoms with E-state index in [0.717, 1.165) is 24.3 Å². The normalized spacial score (nSPS) is 14.3. The highest BCUT2D eigenvalue weighted by molar-refractivity contribution is 5.69. The Morgan fingerprint density at radius 2 is 1.45 bits per heavy atom. The van der Waals surface area contributed by atoms with E-state index in [-0.39, 0.29) is 5.97 Å². The summed E-state index contributed by atoms with van der Waals surface area (Å²) in [7, 11) is 0. The summed E-state index contributed by atoms with van der Waals surface area (Å²) in [6, 6.07) is 3.79. The minimum absolute atomic E-state index is 0.0860. The van der Waals surface area contributed by atoms with Crippen molar-refractivity contribution in [2.75, 3.05) is 0 Å². The molecule has 1 saturated carbocycles. The van der Waals surface area contributed by atoms with Crippen molar-refractivity contribution in [3.8, 4) is 0 Å². The lowest BCUT2D eigenvalue weighted by atomic mass is 9.99. The molecule has 0 amide bonds. The molecule has 0 aliphatic heterocycles. The average molecular weight is 402 g/mol. The molecule has 1 aromatic rings. The molecule has 1 aromatic heterocycles. The second-order valence-electron chi connectivity index (χ2n) is 8.95. The molecule has 1 aliphatic carbocycles. The number of nitrogens with zero attached hydrogens (tertiary/aromatic N) is 1. The van der Waals surface area contributed by atoms with Gasteiger partial charge in [-0.15, -0.1) is 0 Å². The van der Waals surface area contributed by atoms with Crippen LogP contribution in [0.5, 0.6) is 0 Å². The van der Waals surface area contributed by atoms with Gasteiger partial charge in [0.25, 0.3) is 0 Å². The summed E-state index contributed by atoms with van der Waals surface area (Å²) in [4.78, 5) is 15.8. The quantitative estimate of drug-likeness (QED) is 0.198. The predicted octanol–water partition coefficient (Wildman–Crippen LogP) is 7.78. The van der Waals surface area contributed by atoms with Crippen LogP contribution in [0, 0.1) is 5.92 Å². The number of rotatable bonds is 17. The van der Waals surface area contributed by atoms with Crippen molar-refractivity contribution in [3.05, 3.63) is 30.1 Å². The molecule has 1 aliphatic rings. The molecule has 164 valence electrons. The van der Waals surface area contributed by atoms with Gasteiger partial charge < -0.3 is 4.74 Å². The summed E-state index contributed by atoms with van der Waals surface area (Å²) in [6.07, 6.45) is 27.5. The van der Waals surface area contributed by atoms with Gasteiger partial charge in [0.15, 0.2) is 0 Å². The fourth-order valence-corrected chi connectivity index (χ4v) is 4.49. The SMILES string of the molecule is O=C(CCCCCCCCCCCCCCC1CCCC1)OCc1cccnc1. The predicted molar refractivity (Wildman–Crippen MR) is 121 cm³/mol. The molecule has 2 rings (SSSR count). The van der Waals surface area contributed by atoms with Crippen LogP contribution >= 0.6 is 0 Å². The first-order chi connectivity index (χ1) is 14.3. The number of aromatic nitrogens is 1. The summed E-state index contributed by atoms with van der Waals surface area (Å²) in [5, 5.41) is 0. The summed E-state index contributed by atoms with van der Waals surface area (Å²) in [6.45, 7) is 0.340. The Labute approximate surface area is 179 Å². The van der Waals surface area contributed by atoms with E-state index in [1.165, 1.54) is 96.3 Å². The van der Waals surface area contributed by atoms with Gasteiger partial charge in [-0.25, -0.2) is 0 Å². The van der Waals surface area contributed by atoms with Gasteiger partial charge in [0.1, 0.15) is 6.61 Å². The Balaban J connectivity index is 1.26. The Morgan fingerprint density at radius 1 is 0.862 bits per heavy atom. The maximum atomic E-state index is 11.7. The topological polar surface area (TPSA) is 39.2 Å². The maximum absolute atomic E-state index is 11.7. The second-order valence-corrected chi connectivity index (χ2v) is 8.95. The van der Waals surface area contributed by atoms with Crippen LogP contribution in [0.4, 0.5) is 0 Å². The minimum Gasteiger partial charge on any atom is -0.461 e. The number of carbonyl (C=O) groups excluding carboxylic acids is 1. The van der Waals surface area contributed by atoms with Crippen molar-refractivity contribution in [1.29, 1.82) is 0 Å². The number of unbranched alkanes of at least 4 members (excludes halogenated alkanes) is 11. The molecule has 0 N–H and O–H groups in total. The van der Waals surface area contributed by atoms with Gasteiger partial charge in [-0.3, -0.25) is 9.78 Å². The van der Waals surface area contributed by atoms with Crippen LogP contribution in [-0.2, 0) is 16.1 Å². The van der Waals surface area contributed by atoms with Gasteiger partial charge in [-0.1, -0.05) is 109 Å². The van der Waals surface area contributed by atoms with Gasteiger partial charge in [-0.2, -0.15) is 0 Å². The lowest BCUT2D eigenvalue weighted by Gasteiger charge is -2.08. The Kier molecular flexibility index (Phi) is 13.5. The molecular weight excluding hydrogens is 358 g/mol. The fourth-order valence-electron chi connectivity index (χ4n) is 4.49. The van der Waals surface area contributed by atoms with Crippen molar-refractivity contribution in [3.63, 3.8) is 0 Å². The standard InChI is InChI=1S/C26H43NO2/c28-26(29-23-25-19-15-21-27-22-25)20-12-10-8-6-4-2-1-3-5-7-9-11-16-24-17-13-14-18-24/h15,19,21-22,24H,1-14,16-18,20,23H2. The molecule has 0 spiro atoms. The van der Waals surface area contributed by atoms with Gasteiger partial charge in [0.05, 0.1) is 0 Å². The van der Waals surface area contributed by atoms with Crippen molar-refractivity contribution in [2.24, 2.45) is 5.92 Å². The first-order valence-electron chi connectivity index (χ1n) is 12.4.